The van der Waals surface area contributed by atoms with Crippen LogP contribution in [0.4, 0.5) is 5.69 Å². The van der Waals surface area contributed by atoms with Gasteiger partial charge in [-0.1, -0.05) is 78.9 Å². The summed E-state index contributed by atoms with van der Waals surface area (Å²) in [5.74, 6) is 0. The summed E-state index contributed by atoms with van der Waals surface area (Å²) in [6.07, 6.45) is 5.41. The Balaban J connectivity index is 1.87. The van der Waals surface area contributed by atoms with Crippen molar-refractivity contribution in [2.45, 2.75) is 0 Å². The maximum Gasteiger partial charge on any atom is 0.115 e. The quantitative estimate of drug-likeness (QED) is 0.350. The predicted molar refractivity (Wildman–Crippen MR) is 130 cm³/mol. The highest BCUT2D eigenvalue weighted by molar-refractivity contribution is 7.95. The molecule has 2 heteroatoms. The first-order valence-electron chi connectivity index (χ1n) is 9.87. The number of para-hydroxylation sites is 1. The highest BCUT2D eigenvalue weighted by Gasteiger charge is 2.44. The van der Waals surface area contributed by atoms with Crippen molar-refractivity contribution in [2.24, 2.45) is 0 Å². The second-order valence-corrected chi connectivity index (χ2v) is 10.6. The summed E-state index contributed by atoms with van der Waals surface area (Å²) in [6, 6.07) is 40.8. The van der Waals surface area contributed by atoms with Gasteiger partial charge in [-0.3, -0.25) is 0 Å². The van der Waals surface area contributed by atoms with Crippen molar-refractivity contribution in [3.63, 3.8) is 0 Å². The lowest BCUT2D eigenvalue weighted by Gasteiger charge is -2.26. The molecule has 0 aliphatic rings. The van der Waals surface area contributed by atoms with E-state index < -0.39 is 7.26 Å². The fraction of sp³-hybridized carbons (Fsp3) is 0.0370. The summed E-state index contributed by atoms with van der Waals surface area (Å²) in [6.45, 7) is 0. The minimum absolute atomic E-state index is 0.812. The van der Waals surface area contributed by atoms with Crippen molar-refractivity contribution < 1.29 is 0 Å². The van der Waals surface area contributed by atoms with Gasteiger partial charge in [0.25, 0.3) is 0 Å². The Bertz CT molecular complexity index is 976. The van der Waals surface area contributed by atoms with Crippen LogP contribution in [-0.4, -0.2) is 6.16 Å². The van der Waals surface area contributed by atoms with Crippen LogP contribution in [0.2, 0.25) is 0 Å². The van der Waals surface area contributed by atoms with E-state index in [0.29, 0.717) is 0 Å². The summed E-state index contributed by atoms with van der Waals surface area (Å²) in [7, 11) is -1.83. The summed E-state index contributed by atoms with van der Waals surface area (Å²) in [4.78, 5) is 0. The molecule has 4 rings (SSSR count). The third-order valence-electron chi connectivity index (χ3n) is 5.26. The average Bonchev–Trinajstić information content (AvgIpc) is 2.80. The Kier molecular flexibility index (Phi) is 5.89. The Labute approximate surface area is 173 Å². The standard InChI is InChI=1S/C27H25NP/c28-27-21-11-10-13-23(27)14-12-22-29(24-15-4-1-5-16-24,25-17-6-2-7-18-25)26-19-8-3-9-20-26/h1-21H,22,28H2/q+1/b14-12-. The number of allylic oxidation sites excluding steroid dienone is 1. The van der Waals surface area contributed by atoms with Crippen LogP contribution >= 0.6 is 7.26 Å². The fourth-order valence-electron chi connectivity index (χ4n) is 3.81. The van der Waals surface area contributed by atoms with Crippen LogP contribution in [0.1, 0.15) is 5.56 Å². The molecule has 0 radical (unpaired) electrons. The molecule has 0 heterocycles. The van der Waals surface area contributed by atoms with E-state index in [1.807, 2.05) is 18.2 Å². The molecule has 0 unspecified atom stereocenters. The number of rotatable bonds is 6. The highest BCUT2D eigenvalue weighted by Crippen LogP contribution is 2.55. The second-order valence-electron chi connectivity index (χ2n) is 7.03. The molecule has 0 aliphatic carbocycles. The third-order valence-corrected chi connectivity index (χ3v) is 9.56. The van der Waals surface area contributed by atoms with Crippen molar-refractivity contribution in [1.29, 1.82) is 0 Å². The van der Waals surface area contributed by atoms with Gasteiger partial charge in [0.2, 0.25) is 0 Å². The van der Waals surface area contributed by atoms with Gasteiger partial charge in [-0.2, -0.15) is 0 Å². The van der Waals surface area contributed by atoms with Crippen LogP contribution in [0.25, 0.3) is 6.08 Å². The second kappa shape index (κ2) is 8.90. The SMILES string of the molecule is Nc1ccccc1/C=C\C[P+](c1ccccc1)(c1ccccc1)c1ccccc1. The molecule has 0 atom stereocenters. The first-order chi connectivity index (χ1) is 14.3. The fourth-order valence-corrected chi connectivity index (χ4v) is 7.80. The molecule has 1 nitrogen and oxygen atoms in total. The molecule has 0 aliphatic heterocycles. The van der Waals surface area contributed by atoms with Crippen LogP contribution in [-0.2, 0) is 0 Å². The number of nitrogens with two attached hydrogens (primary N) is 1. The zero-order chi connectivity index (χ0) is 19.9. The van der Waals surface area contributed by atoms with Gasteiger partial charge in [0, 0.05) is 5.69 Å². The van der Waals surface area contributed by atoms with E-state index in [2.05, 4.69) is 109 Å². The molecule has 142 valence electrons. The van der Waals surface area contributed by atoms with Gasteiger partial charge in [-0.05, 0) is 54.1 Å². The van der Waals surface area contributed by atoms with Crippen LogP contribution < -0.4 is 21.6 Å². The molecular formula is C27H25NP+. The smallest absolute Gasteiger partial charge is 0.115 e. The first kappa shape index (κ1) is 19.2. The normalized spacial score (nSPS) is 11.6. The molecular weight excluding hydrogens is 369 g/mol. The number of hydrogen-bond acceptors (Lipinski definition) is 1. The van der Waals surface area contributed by atoms with E-state index in [4.69, 9.17) is 5.73 Å². The Hall–Kier alpha value is -3.15. The Morgan fingerprint density at radius 2 is 0.966 bits per heavy atom. The van der Waals surface area contributed by atoms with Crippen molar-refractivity contribution in [3.05, 3.63) is 127 Å². The van der Waals surface area contributed by atoms with Crippen LogP contribution in [0, 0.1) is 0 Å². The molecule has 0 amide bonds. The van der Waals surface area contributed by atoms with Gasteiger partial charge in [0.15, 0.2) is 0 Å². The van der Waals surface area contributed by atoms with Gasteiger partial charge in [-0.25, -0.2) is 0 Å². The molecule has 4 aromatic carbocycles. The predicted octanol–water partition coefficient (Wildman–Crippen LogP) is 5.28. The Morgan fingerprint density at radius 1 is 0.552 bits per heavy atom. The van der Waals surface area contributed by atoms with Crippen molar-refractivity contribution in [2.75, 3.05) is 11.9 Å². The Morgan fingerprint density at radius 3 is 1.41 bits per heavy atom. The lowest BCUT2D eigenvalue weighted by molar-refractivity contribution is 1.62. The molecule has 29 heavy (non-hydrogen) atoms. The minimum atomic E-state index is -1.83. The van der Waals surface area contributed by atoms with E-state index in [-0.39, 0.29) is 0 Å². The number of hydrogen-bond donors (Lipinski definition) is 1. The summed E-state index contributed by atoms with van der Waals surface area (Å²) in [5.41, 5.74) is 8.04. The van der Waals surface area contributed by atoms with Gasteiger partial charge in [-0.15, -0.1) is 0 Å². The maximum atomic E-state index is 6.16. The third kappa shape index (κ3) is 4.01. The topological polar surface area (TPSA) is 26.0 Å². The zero-order valence-electron chi connectivity index (χ0n) is 16.4. The van der Waals surface area contributed by atoms with Gasteiger partial charge >= 0.3 is 0 Å². The monoisotopic (exact) mass is 394 g/mol. The number of anilines is 1. The number of nitrogen functional groups attached to an aromatic ring is 1. The molecule has 0 spiro atoms. The number of benzene rings is 4. The van der Waals surface area contributed by atoms with Crippen molar-refractivity contribution in [1.82, 2.24) is 0 Å². The molecule has 4 aromatic rings. The van der Waals surface area contributed by atoms with Crippen molar-refractivity contribution in [3.8, 4) is 0 Å². The average molecular weight is 394 g/mol. The first-order valence-corrected chi connectivity index (χ1v) is 11.8. The largest absolute Gasteiger partial charge is 0.398 e. The summed E-state index contributed by atoms with van der Waals surface area (Å²) < 4.78 is 0. The van der Waals surface area contributed by atoms with Gasteiger partial charge in [0.05, 0.1) is 6.16 Å². The molecule has 0 aromatic heterocycles. The van der Waals surface area contributed by atoms with Crippen molar-refractivity contribution >= 4 is 34.9 Å². The van der Waals surface area contributed by atoms with E-state index in [1.54, 1.807) is 0 Å². The van der Waals surface area contributed by atoms with E-state index >= 15 is 0 Å². The lowest BCUT2D eigenvalue weighted by atomic mass is 10.2. The summed E-state index contributed by atoms with van der Waals surface area (Å²) >= 11 is 0. The molecule has 2 N–H and O–H groups in total. The molecule has 0 saturated heterocycles. The van der Waals surface area contributed by atoms with Crippen LogP contribution in [0.3, 0.4) is 0 Å². The lowest BCUT2D eigenvalue weighted by Crippen LogP contribution is -2.32. The van der Waals surface area contributed by atoms with Gasteiger partial charge < -0.3 is 5.73 Å². The maximum absolute atomic E-state index is 6.16. The highest BCUT2D eigenvalue weighted by atomic mass is 31.2. The molecule has 0 bridgehead atoms. The van der Waals surface area contributed by atoms with Crippen LogP contribution in [0.5, 0.6) is 0 Å². The zero-order valence-corrected chi connectivity index (χ0v) is 17.3. The molecule has 0 saturated carbocycles. The van der Waals surface area contributed by atoms with E-state index in [0.717, 1.165) is 17.4 Å². The van der Waals surface area contributed by atoms with Crippen LogP contribution in [0.15, 0.2) is 121 Å². The minimum Gasteiger partial charge on any atom is -0.398 e. The van der Waals surface area contributed by atoms with E-state index in [1.165, 1.54) is 15.9 Å². The summed E-state index contributed by atoms with van der Waals surface area (Å²) in [5, 5.41) is 4.18. The molecule has 0 fully saturated rings. The van der Waals surface area contributed by atoms with Gasteiger partial charge in [0.1, 0.15) is 23.2 Å². The van der Waals surface area contributed by atoms with E-state index in [9.17, 15) is 0 Å².